The molecule has 0 aliphatic carbocycles. The van der Waals surface area contributed by atoms with E-state index in [4.69, 9.17) is 19.4 Å². The predicted molar refractivity (Wildman–Crippen MR) is 105 cm³/mol. The van der Waals surface area contributed by atoms with Gasteiger partial charge in [0.05, 0.1) is 0 Å². The minimum absolute atomic E-state index is 0.240. The van der Waals surface area contributed by atoms with E-state index >= 15 is 0 Å². The Morgan fingerprint density at radius 1 is 0.625 bits per heavy atom. The van der Waals surface area contributed by atoms with Crippen molar-refractivity contribution in [2.24, 2.45) is 0 Å². The number of hydrogen-bond donors (Lipinski definition) is 2. The molecule has 0 saturated heterocycles. The van der Waals surface area contributed by atoms with E-state index in [0.29, 0.717) is 5.46 Å². The monoisotopic (exact) mass is 332 g/mol. The fourth-order valence-corrected chi connectivity index (χ4v) is 1.60. The van der Waals surface area contributed by atoms with Gasteiger partial charge in [-0.3, -0.25) is 0 Å². The van der Waals surface area contributed by atoms with Crippen molar-refractivity contribution in [2.75, 3.05) is 14.2 Å². The van der Waals surface area contributed by atoms with Gasteiger partial charge in [0.1, 0.15) is 0 Å². The minimum Gasteiger partial charge on any atom is -0.423 e. The van der Waals surface area contributed by atoms with E-state index in [1.54, 1.807) is 38.5 Å². The lowest BCUT2D eigenvalue weighted by Crippen LogP contribution is -2.34. The van der Waals surface area contributed by atoms with Crippen molar-refractivity contribution in [2.45, 2.75) is 27.7 Å². The van der Waals surface area contributed by atoms with Crippen molar-refractivity contribution < 1.29 is 19.4 Å². The second kappa shape index (κ2) is 17.8. The van der Waals surface area contributed by atoms with Gasteiger partial charge in [0, 0.05) is 14.2 Å². The topological polar surface area (TPSA) is 58.9 Å². The molecular weight excluding hydrogens is 302 g/mol. The molecular formula is C18H30B2O4. The Balaban J connectivity index is 0. The summed E-state index contributed by atoms with van der Waals surface area (Å²) in [5, 5.41) is 17.2. The van der Waals surface area contributed by atoms with Gasteiger partial charge >= 0.3 is 14.2 Å². The SMILES string of the molecule is CC.CC.COB(OC)c1ccccc1.OB(O)c1ccccc1. The highest BCUT2D eigenvalue weighted by molar-refractivity contribution is 6.61. The van der Waals surface area contributed by atoms with Crippen LogP contribution in [0.1, 0.15) is 27.7 Å². The molecule has 0 spiro atoms. The van der Waals surface area contributed by atoms with Crippen molar-refractivity contribution in [3.8, 4) is 0 Å². The summed E-state index contributed by atoms with van der Waals surface area (Å²) in [5.74, 6) is 0. The largest absolute Gasteiger partial charge is 0.493 e. The van der Waals surface area contributed by atoms with Gasteiger partial charge in [0.2, 0.25) is 0 Å². The molecule has 0 atom stereocenters. The van der Waals surface area contributed by atoms with Gasteiger partial charge in [0.15, 0.2) is 0 Å². The lowest BCUT2D eigenvalue weighted by molar-refractivity contribution is 0.292. The summed E-state index contributed by atoms with van der Waals surface area (Å²) in [4.78, 5) is 0. The molecule has 0 aliphatic heterocycles. The highest BCUT2D eigenvalue weighted by Gasteiger charge is 2.16. The summed E-state index contributed by atoms with van der Waals surface area (Å²) in [6, 6.07) is 18.5. The van der Waals surface area contributed by atoms with Crippen LogP contribution in [0.5, 0.6) is 0 Å². The van der Waals surface area contributed by atoms with Crippen LogP contribution in [0.15, 0.2) is 60.7 Å². The minimum atomic E-state index is -1.34. The van der Waals surface area contributed by atoms with Gasteiger partial charge in [-0.25, -0.2) is 0 Å². The van der Waals surface area contributed by atoms with Crippen LogP contribution in [0.2, 0.25) is 0 Å². The van der Waals surface area contributed by atoms with Crippen molar-refractivity contribution in [3.63, 3.8) is 0 Å². The zero-order valence-electron chi connectivity index (χ0n) is 15.6. The van der Waals surface area contributed by atoms with E-state index < -0.39 is 7.12 Å². The zero-order chi connectivity index (χ0) is 18.8. The Morgan fingerprint density at radius 2 is 0.958 bits per heavy atom. The zero-order valence-corrected chi connectivity index (χ0v) is 15.6. The van der Waals surface area contributed by atoms with Gasteiger partial charge in [0.25, 0.3) is 0 Å². The van der Waals surface area contributed by atoms with E-state index in [0.717, 1.165) is 5.46 Å². The van der Waals surface area contributed by atoms with Crippen molar-refractivity contribution in [1.29, 1.82) is 0 Å². The van der Waals surface area contributed by atoms with Gasteiger partial charge in [-0.05, 0) is 10.9 Å². The number of rotatable bonds is 4. The Labute approximate surface area is 147 Å². The van der Waals surface area contributed by atoms with Crippen molar-refractivity contribution in [3.05, 3.63) is 60.7 Å². The molecule has 0 heterocycles. The molecule has 0 aromatic heterocycles. The third-order valence-corrected chi connectivity index (χ3v) is 2.60. The summed E-state index contributed by atoms with van der Waals surface area (Å²) in [6.45, 7) is 8.00. The summed E-state index contributed by atoms with van der Waals surface area (Å²) in [6.07, 6.45) is 0. The van der Waals surface area contributed by atoms with Gasteiger partial charge in [-0.2, -0.15) is 0 Å². The Bertz CT molecular complexity index is 463. The highest BCUT2D eigenvalue weighted by atomic mass is 16.6. The van der Waals surface area contributed by atoms with E-state index in [1.807, 2.05) is 64.1 Å². The quantitative estimate of drug-likeness (QED) is 0.842. The molecule has 2 rings (SSSR count). The van der Waals surface area contributed by atoms with Gasteiger partial charge in [-0.15, -0.1) is 0 Å². The lowest BCUT2D eigenvalue weighted by Gasteiger charge is -2.07. The molecule has 132 valence electrons. The molecule has 6 heteroatoms. The summed E-state index contributed by atoms with van der Waals surface area (Å²) in [7, 11) is 1.67. The molecule has 4 nitrogen and oxygen atoms in total. The second-order valence-electron chi connectivity index (χ2n) is 4.00. The molecule has 0 radical (unpaired) electrons. The van der Waals surface area contributed by atoms with Crippen LogP contribution in [-0.4, -0.2) is 38.5 Å². The number of benzene rings is 2. The molecule has 0 bridgehead atoms. The highest BCUT2D eigenvalue weighted by Crippen LogP contribution is 1.89. The summed E-state index contributed by atoms with van der Waals surface area (Å²) < 4.78 is 10.1. The van der Waals surface area contributed by atoms with Crippen molar-refractivity contribution >= 4 is 25.2 Å². The predicted octanol–water partition coefficient (Wildman–Crippen LogP) is 2.09. The number of hydrogen-bond acceptors (Lipinski definition) is 4. The van der Waals surface area contributed by atoms with Crippen LogP contribution in [0.25, 0.3) is 0 Å². The molecule has 24 heavy (non-hydrogen) atoms. The Hall–Kier alpha value is -1.59. The first-order valence-corrected chi connectivity index (χ1v) is 8.20. The molecule has 2 aromatic rings. The Kier molecular flexibility index (Phi) is 18.2. The van der Waals surface area contributed by atoms with Gasteiger partial charge in [-0.1, -0.05) is 88.4 Å². The first-order chi connectivity index (χ1) is 11.7. The summed E-state index contributed by atoms with van der Waals surface area (Å²) in [5.41, 5.74) is 1.56. The average molecular weight is 332 g/mol. The van der Waals surface area contributed by atoms with Crippen LogP contribution in [-0.2, 0) is 9.31 Å². The molecule has 0 fully saturated rings. The lowest BCUT2D eigenvalue weighted by atomic mass is 9.79. The first-order valence-electron chi connectivity index (χ1n) is 8.20. The average Bonchev–Trinajstić information content (AvgIpc) is 2.68. The molecule has 0 amide bonds. The van der Waals surface area contributed by atoms with Gasteiger partial charge < -0.3 is 19.4 Å². The standard InChI is InChI=1S/C8H11BO2.C6H7BO2.2C2H6/c1-10-9(11-2)8-6-4-3-5-7-8;8-7(9)6-4-2-1-3-5-6;2*1-2/h3-7H,1-2H3;1-5,8-9H;2*1-2H3. The molecule has 0 unspecified atom stereocenters. The molecule has 0 saturated carbocycles. The third kappa shape index (κ3) is 11.0. The molecule has 2 N–H and O–H groups in total. The first kappa shape index (κ1) is 24.7. The maximum Gasteiger partial charge on any atom is 0.493 e. The molecule has 0 aliphatic rings. The smallest absolute Gasteiger partial charge is 0.423 e. The second-order valence-corrected chi connectivity index (χ2v) is 4.00. The molecule has 2 aromatic carbocycles. The van der Waals surface area contributed by atoms with E-state index in [1.165, 1.54) is 0 Å². The third-order valence-electron chi connectivity index (χ3n) is 2.60. The summed E-state index contributed by atoms with van der Waals surface area (Å²) >= 11 is 0. The van der Waals surface area contributed by atoms with Crippen LogP contribution in [0, 0.1) is 0 Å². The fraction of sp³-hybridized carbons (Fsp3) is 0.333. The van der Waals surface area contributed by atoms with E-state index in [-0.39, 0.29) is 7.12 Å². The van der Waals surface area contributed by atoms with E-state index in [9.17, 15) is 0 Å². The van der Waals surface area contributed by atoms with Crippen molar-refractivity contribution in [1.82, 2.24) is 0 Å². The maximum absolute atomic E-state index is 8.58. The Morgan fingerprint density at radius 3 is 1.21 bits per heavy atom. The maximum atomic E-state index is 8.58. The van der Waals surface area contributed by atoms with Crippen LogP contribution in [0.3, 0.4) is 0 Å². The fourth-order valence-electron chi connectivity index (χ4n) is 1.60. The van der Waals surface area contributed by atoms with Crippen LogP contribution < -0.4 is 10.9 Å². The normalized spacial score (nSPS) is 8.33. The van der Waals surface area contributed by atoms with Crippen LogP contribution >= 0.6 is 0 Å². The van der Waals surface area contributed by atoms with E-state index in [2.05, 4.69) is 0 Å². The van der Waals surface area contributed by atoms with Crippen LogP contribution in [0.4, 0.5) is 0 Å².